The molecule has 2 N–H and O–H groups in total. The van der Waals surface area contributed by atoms with Crippen LogP contribution in [0.3, 0.4) is 0 Å². The van der Waals surface area contributed by atoms with Crippen LogP contribution in [0.15, 0.2) is 64.0 Å². The van der Waals surface area contributed by atoms with Crippen LogP contribution in [-0.2, 0) is 10.0 Å². The van der Waals surface area contributed by atoms with Crippen LogP contribution in [0.1, 0.15) is 32.6 Å². The molecule has 0 heterocycles. The normalized spacial score (nSPS) is 11.2. The lowest BCUT2D eigenvalue weighted by molar-refractivity contribution is 0.102. The number of nitrogens with one attached hydrogen (secondary N) is 2. The van der Waals surface area contributed by atoms with Crippen LogP contribution in [0.2, 0.25) is 0 Å². The molecule has 156 valence electrons. The highest BCUT2D eigenvalue weighted by Crippen LogP contribution is 2.25. The van der Waals surface area contributed by atoms with Crippen molar-refractivity contribution >= 4 is 43.2 Å². The molecule has 1 amide bonds. The molecule has 30 heavy (non-hydrogen) atoms. The van der Waals surface area contributed by atoms with Crippen LogP contribution in [0.5, 0.6) is 0 Å². The molecule has 7 heteroatoms. The Morgan fingerprint density at radius 1 is 0.833 bits per heavy atom. The van der Waals surface area contributed by atoms with E-state index in [1.807, 2.05) is 45.0 Å². The Morgan fingerprint density at radius 2 is 1.57 bits per heavy atom. The molecule has 0 bridgehead atoms. The maximum absolute atomic E-state index is 13.0. The Kier molecular flexibility index (Phi) is 6.33. The van der Waals surface area contributed by atoms with E-state index in [2.05, 4.69) is 26.0 Å². The first kappa shape index (κ1) is 22.1. The minimum atomic E-state index is -3.86. The third-order valence-electron chi connectivity index (χ3n) is 4.78. The summed E-state index contributed by atoms with van der Waals surface area (Å²) in [6.07, 6.45) is 0. The maximum atomic E-state index is 13.0. The molecule has 0 saturated carbocycles. The zero-order valence-electron chi connectivity index (χ0n) is 17.2. The fourth-order valence-electron chi connectivity index (χ4n) is 3.08. The van der Waals surface area contributed by atoms with Crippen LogP contribution in [0.4, 0.5) is 11.4 Å². The van der Waals surface area contributed by atoms with E-state index >= 15 is 0 Å². The second-order valence-electron chi connectivity index (χ2n) is 7.32. The standard InChI is InChI=1S/C23H23BrN2O3S/c1-14-5-10-21(17(4)11-14)26-30(28,29)22-13-18(7-6-15(22)2)23(27)25-19-8-9-20(24)16(3)12-19/h5-13,26H,1-4H3,(H,25,27). The zero-order valence-corrected chi connectivity index (χ0v) is 19.6. The third kappa shape index (κ3) is 4.91. The predicted molar refractivity (Wildman–Crippen MR) is 125 cm³/mol. The van der Waals surface area contributed by atoms with E-state index in [1.54, 1.807) is 31.2 Å². The van der Waals surface area contributed by atoms with Crippen molar-refractivity contribution in [1.29, 1.82) is 0 Å². The van der Waals surface area contributed by atoms with Crippen molar-refractivity contribution in [3.8, 4) is 0 Å². The van der Waals surface area contributed by atoms with Gasteiger partial charge < -0.3 is 5.32 Å². The Hall–Kier alpha value is -2.64. The first-order valence-electron chi connectivity index (χ1n) is 9.35. The lowest BCUT2D eigenvalue weighted by Crippen LogP contribution is -2.17. The lowest BCUT2D eigenvalue weighted by atomic mass is 10.1. The van der Waals surface area contributed by atoms with Gasteiger partial charge in [-0.1, -0.05) is 39.7 Å². The van der Waals surface area contributed by atoms with Crippen LogP contribution < -0.4 is 10.0 Å². The minimum Gasteiger partial charge on any atom is -0.322 e. The van der Waals surface area contributed by atoms with Gasteiger partial charge in [0.25, 0.3) is 15.9 Å². The highest BCUT2D eigenvalue weighted by atomic mass is 79.9. The van der Waals surface area contributed by atoms with Crippen LogP contribution in [0, 0.1) is 27.7 Å². The lowest BCUT2D eigenvalue weighted by Gasteiger charge is -2.14. The second-order valence-corrected chi connectivity index (χ2v) is 9.83. The van der Waals surface area contributed by atoms with Gasteiger partial charge in [-0.15, -0.1) is 0 Å². The zero-order chi connectivity index (χ0) is 22.1. The number of rotatable bonds is 5. The summed E-state index contributed by atoms with van der Waals surface area (Å²) in [6.45, 7) is 7.43. The molecule has 0 atom stereocenters. The van der Waals surface area contributed by atoms with Gasteiger partial charge in [-0.25, -0.2) is 8.42 Å². The topological polar surface area (TPSA) is 75.3 Å². The van der Waals surface area contributed by atoms with Gasteiger partial charge in [0.1, 0.15) is 0 Å². The van der Waals surface area contributed by atoms with Crippen molar-refractivity contribution < 1.29 is 13.2 Å². The molecule has 3 aromatic carbocycles. The number of sulfonamides is 1. The molecule has 0 aromatic heterocycles. The number of carbonyl (C=O) groups is 1. The summed E-state index contributed by atoms with van der Waals surface area (Å²) >= 11 is 3.43. The van der Waals surface area contributed by atoms with E-state index in [0.717, 1.165) is 21.2 Å². The fraction of sp³-hybridized carbons (Fsp3) is 0.174. The van der Waals surface area contributed by atoms with Gasteiger partial charge >= 0.3 is 0 Å². The van der Waals surface area contributed by atoms with Crippen molar-refractivity contribution in [2.24, 2.45) is 0 Å². The number of aryl methyl sites for hydroxylation is 4. The van der Waals surface area contributed by atoms with Crippen molar-refractivity contribution in [2.75, 3.05) is 10.0 Å². The highest BCUT2D eigenvalue weighted by molar-refractivity contribution is 9.10. The average molecular weight is 487 g/mol. The van der Waals surface area contributed by atoms with Gasteiger partial charge in [0.05, 0.1) is 10.6 Å². The Bertz CT molecular complexity index is 1240. The van der Waals surface area contributed by atoms with E-state index in [1.165, 1.54) is 6.07 Å². The fourth-order valence-corrected chi connectivity index (χ4v) is 4.73. The molecule has 0 saturated heterocycles. The largest absolute Gasteiger partial charge is 0.322 e. The Balaban J connectivity index is 1.89. The number of hydrogen-bond donors (Lipinski definition) is 2. The highest BCUT2D eigenvalue weighted by Gasteiger charge is 2.20. The molecular formula is C23H23BrN2O3S. The van der Waals surface area contributed by atoms with Gasteiger partial charge in [0.2, 0.25) is 0 Å². The van der Waals surface area contributed by atoms with Crippen LogP contribution >= 0.6 is 15.9 Å². The van der Waals surface area contributed by atoms with E-state index < -0.39 is 10.0 Å². The molecule has 3 rings (SSSR count). The summed E-state index contributed by atoms with van der Waals surface area (Å²) in [5, 5.41) is 2.81. The van der Waals surface area contributed by atoms with E-state index in [0.29, 0.717) is 16.9 Å². The van der Waals surface area contributed by atoms with Crippen LogP contribution in [-0.4, -0.2) is 14.3 Å². The van der Waals surface area contributed by atoms with Gasteiger partial charge in [0.15, 0.2) is 0 Å². The van der Waals surface area contributed by atoms with Crippen molar-refractivity contribution in [3.63, 3.8) is 0 Å². The summed E-state index contributed by atoms with van der Waals surface area (Å²) in [4.78, 5) is 12.8. The molecule has 0 aliphatic heterocycles. The monoisotopic (exact) mass is 486 g/mol. The van der Waals surface area contributed by atoms with Gasteiger partial charge in [-0.3, -0.25) is 9.52 Å². The number of hydrogen-bond acceptors (Lipinski definition) is 3. The number of benzene rings is 3. The summed E-state index contributed by atoms with van der Waals surface area (Å²) in [5.74, 6) is -0.375. The molecule has 5 nitrogen and oxygen atoms in total. The second kappa shape index (κ2) is 8.62. The predicted octanol–water partition coefficient (Wildman–Crippen LogP) is 5.74. The number of anilines is 2. The third-order valence-corrected chi connectivity index (χ3v) is 7.18. The molecule has 0 aliphatic rings. The van der Waals surface area contributed by atoms with E-state index in [4.69, 9.17) is 0 Å². The van der Waals surface area contributed by atoms with Gasteiger partial charge in [0, 0.05) is 15.7 Å². The Morgan fingerprint density at radius 3 is 2.23 bits per heavy atom. The van der Waals surface area contributed by atoms with E-state index in [-0.39, 0.29) is 16.4 Å². The number of halogens is 1. The first-order valence-corrected chi connectivity index (χ1v) is 11.6. The minimum absolute atomic E-state index is 0.0714. The van der Waals surface area contributed by atoms with Crippen molar-refractivity contribution in [1.82, 2.24) is 0 Å². The summed E-state index contributed by atoms with van der Waals surface area (Å²) in [6, 6.07) is 15.6. The quantitative estimate of drug-likeness (QED) is 0.482. The van der Waals surface area contributed by atoms with Crippen molar-refractivity contribution in [2.45, 2.75) is 32.6 Å². The molecule has 0 spiro atoms. The molecule has 3 aromatic rings. The first-order chi connectivity index (χ1) is 14.1. The van der Waals surface area contributed by atoms with E-state index in [9.17, 15) is 13.2 Å². The smallest absolute Gasteiger partial charge is 0.262 e. The number of carbonyl (C=O) groups excluding carboxylic acids is 1. The van der Waals surface area contributed by atoms with Crippen molar-refractivity contribution in [3.05, 3.63) is 86.9 Å². The maximum Gasteiger partial charge on any atom is 0.262 e. The number of amides is 1. The van der Waals surface area contributed by atoms with Crippen LogP contribution in [0.25, 0.3) is 0 Å². The molecular weight excluding hydrogens is 464 g/mol. The SMILES string of the molecule is Cc1ccc(NS(=O)(=O)c2cc(C(=O)Nc3ccc(Br)c(C)c3)ccc2C)c(C)c1. The summed E-state index contributed by atoms with van der Waals surface area (Å²) in [5.41, 5.74) is 4.84. The average Bonchev–Trinajstić information content (AvgIpc) is 2.67. The molecule has 0 aliphatic carbocycles. The summed E-state index contributed by atoms with van der Waals surface area (Å²) in [7, 11) is -3.86. The molecule has 0 radical (unpaired) electrons. The molecule has 0 unspecified atom stereocenters. The summed E-state index contributed by atoms with van der Waals surface area (Å²) < 4.78 is 29.6. The van der Waals surface area contributed by atoms with Gasteiger partial charge in [-0.05, 0) is 80.8 Å². The molecule has 0 fully saturated rings. The Labute approximate surface area is 185 Å². The van der Waals surface area contributed by atoms with Gasteiger partial charge in [-0.2, -0.15) is 0 Å².